The minimum absolute atomic E-state index is 0.116. The smallest absolute Gasteiger partial charge is 0.252 e. The van der Waals surface area contributed by atoms with Crippen LogP contribution < -0.4 is 5.43 Å². The molecule has 1 saturated carbocycles. The van der Waals surface area contributed by atoms with Gasteiger partial charge in [-0.2, -0.15) is 5.01 Å². The number of para-hydroxylation sites is 1. The average Bonchev–Trinajstić information content (AvgIpc) is 2.67. The van der Waals surface area contributed by atoms with E-state index in [-0.39, 0.29) is 23.7 Å². The first kappa shape index (κ1) is 12.5. The lowest BCUT2D eigenvalue weighted by Crippen LogP contribution is -2.36. The molecule has 100 valence electrons. The number of nitrogens with one attached hydrogen (secondary N) is 1. The van der Waals surface area contributed by atoms with Gasteiger partial charge in [-0.3, -0.25) is 15.0 Å². The third-order valence-corrected chi connectivity index (χ3v) is 4.28. The molecule has 5 heteroatoms. The molecule has 19 heavy (non-hydrogen) atoms. The lowest BCUT2D eigenvalue weighted by Gasteiger charge is -2.19. The zero-order valence-corrected chi connectivity index (χ0v) is 11.2. The number of fused-ring (bicyclic) bond motifs is 1. The first-order chi connectivity index (χ1) is 9.18. The van der Waals surface area contributed by atoms with Gasteiger partial charge < -0.3 is 0 Å². The van der Waals surface area contributed by atoms with Gasteiger partial charge in [-0.05, 0) is 25.0 Å². The van der Waals surface area contributed by atoms with E-state index in [0.29, 0.717) is 10.7 Å². The highest BCUT2D eigenvalue weighted by atomic mass is 35.5. The molecule has 3 rings (SSSR count). The molecule has 2 unspecified atom stereocenters. The lowest BCUT2D eigenvalue weighted by atomic mass is 9.81. The summed E-state index contributed by atoms with van der Waals surface area (Å²) in [5.74, 6) is -0.517. The van der Waals surface area contributed by atoms with Crippen LogP contribution in [0.4, 0.5) is 5.69 Å². The Hall–Kier alpha value is -1.55. The maximum atomic E-state index is 12.3. The number of amides is 2. The van der Waals surface area contributed by atoms with Gasteiger partial charge in [0, 0.05) is 0 Å². The van der Waals surface area contributed by atoms with E-state index in [1.165, 1.54) is 0 Å². The molecule has 1 aromatic rings. The summed E-state index contributed by atoms with van der Waals surface area (Å²) in [6, 6.07) is 7.10. The van der Waals surface area contributed by atoms with Crippen molar-refractivity contribution in [3.63, 3.8) is 0 Å². The van der Waals surface area contributed by atoms with E-state index in [4.69, 9.17) is 11.6 Å². The van der Waals surface area contributed by atoms with Gasteiger partial charge in [-0.15, -0.1) is 0 Å². The molecule has 0 spiro atoms. The Balaban J connectivity index is 1.83. The van der Waals surface area contributed by atoms with Crippen LogP contribution in [0.15, 0.2) is 24.3 Å². The highest BCUT2D eigenvalue weighted by molar-refractivity contribution is 6.33. The number of carbonyl (C=O) groups excluding carboxylic acids is 2. The normalized spacial score (nSPS) is 26.5. The Morgan fingerprint density at radius 1 is 1.05 bits per heavy atom. The Labute approximate surface area is 116 Å². The summed E-state index contributed by atoms with van der Waals surface area (Å²) in [6.45, 7) is 0. The minimum atomic E-state index is -0.142. The number of rotatable bonds is 2. The molecule has 2 aliphatic rings. The molecular formula is C14H15ClN2O2. The van der Waals surface area contributed by atoms with Crippen molar-refractivity contribution < 1.29 is 9.59 Å². The Morgan fingerprint density at radius 2 is 1.63 bits per heavy atom. The fraction of sp³-hybridized carbons (Fsp3) is 0.429. The molecule has 2 fully saturated rings. The van der Waals surface area contributed by atoms with Crippen LogP contribution in [-0.4, -0.2) is 16.8 Å². The first-order valence-electron chi connectivity index (χ1n) is 6.57. The van der Waals surface area contributed by atoms with E-state index in [2.05, 4.69) is 5.43 Å². The molecule has 0 aromatic heterocycles. The van der Waals surface area contributed by atoms with Crippen molar-refractivity contribution in [1.82, 2.24) is 5.01 Å². The molecule has 1 aliphatic carbocycles. The first-order valence-corrected chi connectivity index (χ1v) is 6.95. The predicted molar refractivity (Wildman–Crippen MR) is 72.4 cm³/mol. The lowest BCUT2D eigenvalue weighted by molar-refractivity contribution is -0.138. The van der Waals surface area contributed by atoms with Gasteiger partial charge in [0.25, 0.3) is 11.8 Å². The van der Waals surface area contributed by atoms with Crippen molar-refractivity contribution in [2.45, 2.75) is 25.7 Å². The number of carbonyl (C=O) groups is 2. The van der Waals surface area contributed by atoms with Crippen molar-refractivity contribution >= 4 is 29.1 Å². The zero-order valence-electron chi connectivity index (χ0n) is 10.4. The summed E-state index contributed by atoms with van der Waals surface area (Å²) >= 11 is 6.04. The second-order valence-electron chi connectivity index (χ2n) is 5.10. The highest BCUT2D eigenvalue weighted by Gasteiger charge is 2.48. The molecule has 2 amide bonds. The van der Waals surface area contributed by atoms with Gasteiger partial charge >= 0.3 is 0 Å². The molecule has 0 bridgehead atoms. The van der Waals surface area contributed by atoms with E-state index in [9.17, 15) is 9.59 Å². The molecule has 1 aliphatic heterocycles. The van der Waals surface area contributed by atoms with E-state index < -0.39 is 0 Å². The van der Waals surface area contributed by atoms with Crippen LogP contribution in [0.3, 0.4) is 0 Å². The van der Waals surface area contributed by atoms with Crippen LogP contribution in [0, 0.1) is 11.8 Å². The molecular weight excluding hydrogens is 264 g/mol. The largest absolute Gasteiger partial charge is 0.287 e. The maximum Gasteiger partial charge on any atom is 0.252 e. The Morgan fingerprint density at radius 3 is 2.21 bits per heavy atom. The van der Waals surface area contributed by atoms with Crippen LogP contribution in [0.5, 0.6) is 0 Å². The fourth-order valence-corrected chi connectivity index (χ4v) is 3.12. The number of nitrogens with zero attached hydrogens (tertiary/aromatic N) is 1. The number of benzene rings is 1. The van der Waals surface area contributed by atoms with Crippen molar-refractivity contribution in [2.24, 2.45) is 11.8 Å². The van der Waals surface area contributed by atoms with Crippen LogP contribution >= 0.6 is 11.6 Å². The standard InChI is InChI=1S/C14H15ClN2O2/c15-11-7-3-4-8-12(11)16-17-13(18)9-5-1-2-6-10(9)14(17)19/h3-4,7-10,16H,1-2,5-6H2. The number of hydrazine groups is 1. The Kier molecular flexibility index (Phi) is 3.19. The number of halogens is 1. The second kappa shape index (κ2) is 4.85. The molecule has 1 saturated heterocycles. The monoisotopic (exact) mass is 278 g/mol. The summed E-state index contributed by atoms with van der Waals surface area (Å²) < 4.78 is 0. The zero-order chi connectivity index (χ0) is 13.4. The molecule has 0 radical (unpaired) electrons. The van der Waals surface area contributed by atoms with E-state index in [0.717, 1.165) is 30.7 Å². The van der Waals surface area contributed by atoms with Crippen LogP contribution in [-0.2, 0) is 9.59 Å². The number of anilines is 1. The van der Waals surface area contributed by atoms with Gasteiger partial charge in [-0.25, -0.2) is 0 Å². The average molecular weight is 279 g/mol. The highest BCUT2D eigenvalue weighted by Crippen LogP contribution is 2.38. The summed E-state index contributed by atoms with van der Waals surface area (Å²) in [4.78, 5) is 24.5. The third-order valence-electron chi connectivity index (χ3n) is 3.95. The van der Waals surface area contributed by atoms with Crippen molar-refractivity contribution in [1.29, 1.82) is 0 Å². The van der Waals surface area contributed by atoms with E-state index in [1.54, 1.807) is 18.2 Å². The molecule has 1 N–H and O–H groups in total. The SMILES string of the molecule is O=C1C2CCCCC2C(=O)N1Nc1ccccc1Cl. The molecule has 1 heterocycles. The van der Waals surface area contributed by atoms with Gasteiger partial charge in [0.05, 0.1) is 22.5 Å². The van der Waals surface area contributed by atoms with Crippen molar-refractivity contribution in [3.8, 4) is 0 Å². The molecule has 2 atom stereocenters. The van der Waals surface area contributed by atoms with Gasteiger partial charge in [0.1, 0.15) is 0 Å². The van der Waals surface area contributed by atoms with E-state index >= 15 is 0 Å². The Bertz CT molecular complexity index is 508. The third kappa shape index (κ3) is 2.10. The summed E-state index contributed by atoms with van der Waals surface area (Å²) in [5, 5.41) is 1.65. The minimum Gasteiger partial charge on any atom is -0.287 e. The van der Waals surface area contributed by atoms with Crippen LogP contribution in [0.1, 0.15) is 25.7 Å². The fourth-order valence-electron chi connectivity index (χ4n) is 2.94. The van der Waals surface area contributed by atoms with Crippen LogP contribution in [0.2, 0.25) is 5.02 Å². The summed E-state index contributed by atoms with van der Waals surface area (Å²) in [6.07, 6.45) is 3.69. The maximum absolute atomic E-state index is 12.3. The quantitative estimate of drug-likeness (QED) is 0.847. The summed E-state index contributed by atoms with van der Waals surface area (Å²) in [5.41, 5.74) is 3.45. The van der Waals surface area contributed by atoms with Crippen molar-refractivity contribution in [2.75, 3.05) is 5.43 Å². The van der Waals surface area contributed by atoms with Gasteiger partial charge in [-0.1, -0.05) is 36.6 Å². The number of imide groups is 1. The molecule has 1 aromatic carbocycles. The summed E-state index contributed by atoms with van der Waals surface area (Å²) in [7, 11) is 0. The number of hydrogen-bond acceptors (Lipinski definition) is 3. The number of hydrogen-bond donors (Lipinski definition) is 1. The van der Waals surface area contributed by atoms with Gasteiger partial charge in [0.15, 0.2) is 0 Å². The van der Waals surface area contributed by atoms with Crippen LogP contribution in [0.25, 0.3) is 0 Å². The topological polar surface area (TPSA) is 49.4 Å². The second-order valence-corrected chi connectivity index (χ2v) is 5.51. The predicted octanol–water partition coefficient (Wildman–Crippen LogP) is 2.84. The molecule has 4 nitrogen and oxygen atoms in total. The van der Waals surface area contributed by atoms with Gasteiger partial charge in [0.2, 0.25) is 0 Å². The van der Waals surface area contributed by atoms with E-state index in [1.807, 2.05) is 6.07 Å². The van der Waals surface area contributed by atoms with Crippen molar-refractivity contribution in [3.05, 3.63) is 29.3 Å².